The van der Waals surface area contributed by atoms with Crippen LogP contribution >= 0.6 is 12.4 Å². The van der Waals surface area contributed by atoms with Gasteiger partial charge in [0.15, 0.2) is 0 Å². The molecule has 1 atom stereocenters. The van der Waals surface area contributed by atoms with Crippen LogP contribution in [-0.4, -0.2) is 46.8 Å². The SMILES string of the molecule is CN(CCn1cccn1)C(=O)C1CCCN1.Cl. The van der Waals surface area contributed by atoms with Gasteiger partial charge in [0.05, 0.1) is 12.6 Å². The molecule has 0 spiro atoms. The highest BCUT2D eigenvalue weighted by molar-refractivity contribution is 5.85. The summed E-state index contributed by atoms with van der Waals surface area (Å²) in [5.74, 6) is 0.199. The highest BCUT2D eigenvalue weighted by atomic mass is 35.5. The summed E-state index contributed by atoms with van der Waals surface area (Å²) in [7, 11) is 1.85. The zero-order chi connectivity index (χ0) is 11.4. The minimum atomic E-state index is 0. The Kier molecular flexibility index (Phi) is 5.44. The predicted molar refractivity (Wildman–Crippen MR) is 68.1 cm³/mol. The van der Waals surface area contributed by atoms with Crippen LogP contribution in [0.5, 0.6) is 0 Å². The van der Waals surface area contributed by atoms with Crippen molar-refractivity contribution in [2.75, 3.05) is 20.1 Å². The van der Waals surface area contributed by atoms with Gasteiger partial charge in [-0.3, -0.25) is 9.48 Å². The van der Waals surface area contributed by atoms with Gasteiger partial charge < -0.3 is 10.2 Å². The average Bonchev–Trinajstić information content (AvgIpc) is 2.96. The maximum absolute atomic E-state index is 11.9. The van der Waals surface area contributed by atoms with Gasteiger partial charge in [-0.1, -0.05) is 0 Å². The molecular formula is C11H19ClN4O. The Labute approximate surface area is 108 Å². The summed E-state index contributed by atoms with van der Waals surface area (Å²) in [5, 5.41) is 7.32. The molecule has 1 aromatic rings. The van der Waals surface area contributed by atoms with Crippen LogP contribution in [0.15, 0.2) is 18.5 Å². The summed E-state index contributed by atoms with van der Waals surface area (Å²) in [6.07, 6.45) is 5.72. The number of halogens is 1. The number of hydrogen-bond acceptors (Lipinski definition) is 3. The molecule has 1 N–H and O–H groups in total. The fraction of sp³-hybridized carbons (Fsp3) is 0.636. The molecule has 2 heterocycles. The van der Waals surface area contributed by atoms with Crippen molar-refractivity contribution in [2.45, 2.75) is 25.4 Å². The van der Waals surface area contributed by atoms with E-state index in [0.717, 1.165) is 25.9 Å². The molecule has 17 heavy (non-hydrogen) atoms. The summed E-state index contributed by atoms with van der Waals surface area (Å²) >= 11 is 0. The van der Waals surface area contributed by atoms with Crippen LogP contribution in [0, 0.1) is 0 Å². The highest BCUT2D eigenvalue weighted by Gasteiger charge is 2.24. The van der Waals surface area contributed by atoms with Gasteiger partial charge in [0.2, 0.25) is 5.91 Å². The number of carbonyl (C=O) groups is 1. The monoisotopic (exact) mass is 258 g/mol. The molecule has 1 aromatic heterocycles. The Morgan fingerprint density at radius 1 is 1.65 bits per heavy atom. The molecular weight excluding hydrogens is 240 g/mol. The molecule has 1 fully saturated rings. The first-order chi connectivity index (χ1) is 7.77. The minimum Gasteiger partial charge on any atom is -0.343 e. The third kappa shape index (κ3) is 3.71. The van der Waals surface area contributed by atoms with E-state index < -0.39 is 0 Å². The molecule has 0 aliphatic carbocycles. The zero-order valence-corrected chi connectivity index (χ0v) is 10.8. The molecule has 5 nitrogen and oxygen atoms in total. The molecule has 6 heteroatoms. The summed E-state index contributed by atoms with van der Waals surface area (Å²) in [6, 6.07) is 1.92. The number of nitrogens with zero attached hydrogens (tertiary/aromatic N) is 3. The molecule has 1 saturated heterocycles. The van der Waals surface area contributed by atoms with Gasteiger partial charge in [0.25, 0.3) is 0 Å². The number of amides is 1. The van der Waals surface area contributed by atoms with Gasteiger partial charge in [-0.15, -0.1) is 12.4 Å². The second-order valence-corrected chi connectivity index (χ2v) is 4.18. The van der Waals surface area contributed by atoms with E-state index in [-0.39, 0.29) is 24.4 Å². The molecule has 96 valence electrons. The van der Waals surface area contributed by atoms with Gasteiger partial charge in [0, 0.05) is 26.0 Å². The van der Waals surface area contributed by atoms with E-state index in [1.54, 1.807) is 11.1 Å². The first-order valence-electron chi connectivity index (χ1n) is 5.73. The van der Waals surface area contributed by atoms with E-state index >= 15 is 0 Å². The molecule has 2 rings (SSSR count). The van der Waals surface area contributed by atoms with E-state index in [9.17, 15) is 4.79 Å². The Morgan fingerprint density at radius 2 is 2.47 bits per heavy atom. The Balaban J connectivity index is 0.00000144. The average molecular weight is 259 g/mol. The van der Waals surface area contributed by atoms with Crippen molar-refractivity contribution in [3.63, 3.8) is 0 Å². The van der Waals surface area contributed by atoms with E-state index in [1.165, 1.54) is 0 Å². The van der Waals surface area contributed by atoms with Crippen LogP contribution in [0.1, 0.15) is 12.8 Å². The van der Waals surface area contributed by atoms with Crippen molar-refractivity contribution in [2.24, 2.45) is 0 Å². The normalized spacial score (nSPS) is 18.8. The first-order valence-corrected chi connectivity index (χ1v) is 5.73. The summed E-state index contributed by atoms with van der Waals surface area (Å²) in [4.78, 5) is 13.7. The summed E-state index contributed by atoms with van der Waals surface area (Å²) in [5.41, 5.74) is 0. The second kappa shape index (κ2) is 6.61. The van der Waals surface area contributed by atoms with Crippen molar-refractivity contribution in [3.8, 4) is 0 Å². The topological polar surface area (TPSA) is 50.2 Å². The van der Waals surface area contributed by atoms with E-state index in [4.69, 9.17) is 0 Å². The number of likely N-dealkylation sites (N-methyl/N-ethyl adjacent to an activating group) is 1. The quantitative estimate of drug-likeness (QED) is 0.857. The van der Waals surface area contributed by atoms with Crippen molar-refractivity contribution in [3.05, 3.63) is 18.5 Å². The number of carbonyl (C=O) groups excluding carboxylic acids is 1. The summed E-state index contributed by atoms with van der Waals surface area (Å²) in [6.45, 7) is 2.42. The van der Waals surface area contributed by atoms with Crippen molar-refractivity contribution in [1.29, 1.82) is 0 Å². The van der Waals surface area contributed by atoms with E-state index in [1.807, 2.05) is 24.0 Å². The van der Waals surface area contributed by atoms with Crippen LogP contribution in [-0.2, 0) is 11.3 Å². The number of nitrogens with one attached hydrogen (secondary N) is 1. The zero-order valence-electron chi connectivity index (χ0n) is 10.0. The Bertz CT molecular complexity index is 335. The molecule has 1 aliphatic heterocycles. The van der Waals surface area contributed by atoms with Crippen molar-refractivity contribution in [1.82, 2.24) is 20.0 Å². The van der Waals surface area contributed by atoms with Crippen LogP contribution in [0.3, 0.4) is 0 Å². The maximum atomic E-state index is 11.9. The molecule has 0 radical (unpaired) electrons. The third-order valence-corrected chi connectivity index (χ3v) is 2.96. The minimum absolute atomic E-state index is 0. The van der Waals surface area contributed by atoms with Crippen LogP contribution < -0.4 is 5.32 Å². The smallest absolute Gasteiger partial charge is 0.239 e. The van der Waals surface area contributed by atoms with Gasteiger partial charge in [-0.25, -0.2) is 0 Å². The Hall–Kier alpha value is -1.07. The number of rotatable bonds is 4. The van der Waals surface area contributed by atoms with E-state index in [0.29, 0.717) is 6.54 Å². The number of hydrogen-bond donors (Lipinski definition) is 1. The standard InChI is InChI=1S/C11H18N4O.ClH/c1-14(8-9-15-7-3-6-13-15)11(16)10-4-2-5-12-10;/h3,6-7,10,12H,2,4-5,8-9H2,1H3;1H. The first kappa shape index (κ1) is 14.0. The van der Waals surface area contributed by atoms with Crippen molar-refractivity contribution < 1.29 is 4.79 Å². The fourth-order valence-electron chi connectivity index (χ4n) is 1.96. The lowest BCUT2D eigenvalue weighted by atomic mass is 10.2. The summed E-state index contributed by atoms with van der Waals surface area (Å²) < 4.78 is 1.84. The van der Waals surface area contributed by atoms with Crippen LogP contribution in [0.2, 0.25) is 0 Å². The van der Waals surface area contributed by atoms with Gasteiger partial charge >= 0.3 is 0 Å². The lowest BCUT2D eigenvalue weighted by Gasteiger charge is -2.21. The molecule has 0 aromatic carbocycles. The van der Waals surface area contributed by atoms with Crippen molar-refractivity contribution >= 4 is 18.3 Å². The largest absolute Gasteiger partial charge is 0.343 e. The lowest BCUT2D eigenvalue weighted by Crippen LogP contribution is -2.42. The van der Waals surface area contributed by atoms with Crippen LogP contribution in [0.4, 0.5) is 0 Å². The maximum Gasteiger partial charge on any atom is 0.239 e. The number of aromatic nitrogens is 2. The third-order valence-electron chi connectivity index (χ3n) is 2.96. The Morgan fingerprint density at radius 3 is 3.06 bits per heavy atom. The molecule has 1 unspecified atom stereocenters. The highest BCUT2D eigenvalue weighted by Crippen LogP contribution is 2.07. The van der Waals surface area contributed by atoms with Gasteiger partial charge in [-0.2, -0.15) is 5.10 Å². The second-order valence-electron chi connectivity index (χ2n) is 4.18. The molecule has 1 aliphatic rings. The van der Waals surface area contributed by atoms with E-state index in [2.05, 4.69) is 10.4 Å². The molecule has 0 bridgehead atoms. The van der Waals surface area contributed by atoms with Gasteiger partial charge in [-0.05, 0) is 25.5 Å². The van der Waals surface area contributed by atoms with Gasteiger partial charge in [0.1, 0.15) is 0 Å². The molecule has 0 saturated carbocycles. The lowest BCUT2D eigenvalue weighted by molar-refractivity contribution is -0.131. The van der Waals surface area contributed by atoms with Crippen LogP contribution in [0.25, 0.3) is 0 Å². The molecule has 1 amide bonds. The predicted octanol–water partition coefficient (Wildman–Crippen LogP) is 0.515. The fourth-order valence-corrected chi connectivity index (χ4v) is 1.96.